The fourth-order valence-electron chi connectivity index (χ4n) is 1.98. The summed E-state index contributed by atoms with van der Waals surface area (Å²) in [5.74, 6) is 3.29. The number of rotatable bonds is 4. The highest BCUT2D eigenvalue weighted by Gasteiger charge is 2.13. The standard InChI is InChI=1S/C13H20N2OS/c1-2-16-13-9-11(3-4-12(13)14)15-10-5-7-17-8-6-10/h3-4,9-10,15H,2,5-8,14H2,1H3. The maximum absolute atomic E-state index is 5.85. The van der Waals surface area contributed by atoms with Crippen LogP contribution >= 0.6 is 11.8 Å². The van der Waals surface area contributed by atoms with E-state index in [2.05, 4.69) is 5.32 Å². The highest BCUT2D eigenvalue weighted by atomic mass is 32.2. The number of ether oxygens (including phenoxy) is 1. The van der Waals surface area contributed by atoms with E-state index >= 15 is 0 Å². The van der Waals surface area contributed by atoms with E-state index in [9.17, 15) is 0 Å². The first kappa shape index (κ1) is 12.4. The van der Waals surface area contributed by atoms with Crippen molar-refractivity contribution in [3.05, 3.63) is 18.2 Å². The van der Waals surface area contributed by atoms with Gasteiger partial charge in [-0.05, 0) is 43.4 Å². The minimum Gasteiger partial charge on any atom is -0.492 e. The molecule has 0 unspecified atom stereocenters. The van der Waals surface area contributed by atoms with Gasteiger partial charge in [0.05, 0.1) is 12.3 Å². The molecule has 0 aromatic heterocycles. The molecule has 1 fully saturated rings. The van der Waals surface area contributed by atoms with Gasteiger partial charge in [0.15, 0.2) is 0 Å². The highest BCUT2D eigenvalue weighted by molar-refractivity contribution is 7.99. The highest BCUT2D eigenvalue weighted by Crippen LogP contribution is 2.27. The van der Waals surface area contributed by atoms with Gasteiger partial charge in [0.25, 0.3) is 0 Å². The Kier molecular flexibility index (Phi) is 4.42. The summed E-state index contributed by atoms with van der Waals surface area (Å²) < 4.78 is 5.50. The maximum Gasteiger partial charge on any atom is 0.144 e. The second-order valence-electron chi connectivity index (χ2n) is 4.22. The van der Waals surface area contributed by atoms with Crippen molar-refractivity contribution < 1.29 is 4.74 Å². The van der Waals surface area contributed by atoms with Gasteiger partial charge in [0.2, 0.25) is 0 Å². The summed E-state index contributed by atoms with van der Waals surface area (Å²) in [6.07, 6.45) is 2.47. The fraction of sp³-hybridized carbons (Fsp3) is 0.538. The molecular weight excluding hydrogens is 232 g/mol. The average Bonchev–Trinajstić information content (AvgIpc) is 2.35. The van der Waals surface area contributed by atoms with Crippen LogP contribution in [0.1, 0.15) is 19.8 Å². The Morgan fingerprint density at radius 2 is 2.18 bits per heavy atom. The Morgan fingerprint density at radius 1 is 1.41 bits per heavy atom. The molecule has 4 heteroatoms. The van der Waals surface area contributed by atoms with Gasteiger partial charge in [-0.15, -0.1) is 0 Å². The molecule has 17 heavy (non-hydrogen) atoms. The predicted molar refractivity (Wildman–Crippen MR) is 76.0 cm³/mol. The molecule has 1 aromatic carbocycles. The minimum atomic E-state index is 0.592. The third kappa shape index (κ3) is 3.46. The Labute approximate surface area is 107 Å². The number of thioether (sulfide) groups is 1. The topological polar surface area (TPSA) is 47.3 Å². The predicted octanol–water partition coefficient (Wildman–Crippen LogP) is 2.98. The second-order valence-corrected chi connectivity index (χ2v) is 5.44. The molecule has 0 saturated carbocycles. The lowest BCUT2D eigenvalue weighted by Gasteiger charge is -2.24. The van der Waals surface area contributed by atoms with E-state index in [0.29, 0.717) is 18.3 Å². The first-order chi connectivity index (χ1) is 8.29. The zero-order chi connectivity index (χ0) is 12.1. The van der Waals surface area contributed by atoms with Crippen molar-refractivity contribution in [3.63, 3.8) is 0 Å². The zero-order valence-corrected chi connectivity index (χ0v) is 11.1. The van der Waals surface area contributed by atoms with Crippen LogP contribution in [0.5, 0.6) is 5.75 Å². The Morgan fingerprint density at radius 3 is 2.88 bits per heavy atom. The first-order valence-corrected chi connectivity index (χ1v) is 7.31. The van der Waals surface area contributed by atoms with Crippen LogP contribution in [0.4, 0.5) is 11.4 Å². The lowest BCUT2D eigenvalue weighted by Crippen LogP contribution is -2.24. The third-order valence-corrected chi connectivity index (χ3v) is 3.95. The van der Waals surface area contributed by atoms with Crippen LogP contribution < -0.4 is 15.8 Å². The number of nitrogen functional groups attached to an aromatic ring is 1. The fourth-order valence-corrected chi connectivity index (χ4v) is 3.09. The molecule has 3 N–H and O–H groups in total. The molecular formula is C13H20N2OS. The molecule has 1 aliphatic heterocycles. The SMILES string of the molecule is CCOc1cc(NC2CCSCC2)ccc1N. The van der Waals surface area contributed by atoms with E-state index in [0.717, 1.165) is 11.4 Å². The average molecular weight is 252 g/mol. The number of hydrogen-bond donors (Lipinski definition) is 2. The van der Waals surface area contributed by atoms with Crippen molar-refractivity contribution in [2.24, 2.45) is 0 Å². The third-order valence-electron chi connectivity index (χ3n) is 2.91. The molecule has 1 saturated heterocycles. The van der Waals surface area contributed by atoms with Crippen molar-refractivity contribution >= 4 is 23.1 Å². The number of nitrogens with one attached hydrogen (secondary N) is 1. The quantitative estimate of drug-likeness (QED) is 0.809. The van der Waals surface area contributed by atoms with Crippen LogP contribution in [-0.2, 0) is 0 Å². The molecule has 0 bridgehead atoms. The second kappa shape index (κ2) is 6.05. The minimum absolute atomic E-state index is 0.592. The van der Waals surface area contributed by atoms with E-state index in [1.165, 1.54) is 24.3 Å². The van der Waals surface area contributed by atoms with Gasteiger partial charge in [-0.1, -0.05) is 0 Å². The number of anilines is 2. The summed E-state index contributed by atoms with van der Waals surface area (Å²) in [5, 5.41) is 3.56. The molecule has 0 amide bonds. The van der Waals surface area contributed by atoms with E-state index in [4.69, 9.17) is 10.5 Å². The maximum atomic E-state index is 5.85. The van der Waals surface area contributed by atoms with E-state index in [1.807, 2.05) is 36.9 Å². The molecule has 0 radical (unpaired) electrons. The van der Waals surface area contributed by atoms with Crippen LogP contribution in [0, 0.1) is 0 Å². The first-order valence-electron chi connectivity index (χ1n) is 6.16. The van der Waals surface area contributed by atoms with Crippen molar-refractivity contribution in [1.29, 1.82) is 0 Å². The Bertz CT molecular complexity index is 364. The molecule has 1 aliphatic rings. The Hall–Kier alpha value is -1.03. The van der Waals surface area contributed by atoms with Gasteiger partial charge >= 0.3 is 0 Å². The molecule has 0 atom stereocenters. The molecule has 0 spiro atoms. The van der Waals surface area contributed by atoms with Gasteiger partial charge < -0.3 is 15.8 Å². The van der Waals surface area contributed by atoms with Gasteiger partial charge in [0, 0.05) is 17.8 Å². The number of benzene rings is 1. The summed E-state index contributed by atoms with van der Waals surface area (Å²) in [7, 11) is 0. The smallest absolute Gasteiger partial charge is 0.144 e. The summed E-state index contributed by atoms with van der Waals surface area (Å²) in [6, 6.07) is 6.53. The number of nitrogens with two attached hydrogens (primary N) is 1. The molecule has 3 nitrogen and oxygen atoms in total. The van der Waals surface area contributed by atoms with Crippen LogP contribution in [0.25, 0.3) is 0 Å². The molecule has 94 valence electrons. The lowest BCUT2D eigenvalue weighted by atomic mass is 10.1. The summed E-state index contributed by atoms with van der Waals surface area (Å²) >= 11 is 2.04. The van der Waals surface area contributed by atoms with E-state index < -0.39 is 0 Å². The van der Waals surface area contributed by atoms with E-state index in [1.54, 1.807) is 0 Å². The van der Waals surface area contributed by atoms with Crippen molar-refractivity contribution in [1.82, 2.24) is 0 Å². The molecule has 2 rings (SSSR count). The van der Waals surface area contributed by atoms with Gasteiger partial charge in [-0.25, -0.2) is 0 Å². The van der Waals surface area contributed by atoms with E-state index in [-0.39, 0.29) is 0 Å². The normalized spacial score (nSPS) is 16.8. The van der Waals surface area contributed by atoms with Gasteiger partial charge in [0.1, 0.15) is 5.75 Å². The Balaban J connectivity index is 2.02. The monoisotopic (exact) mass is 252 g/mol. The molecule has 1 heterocycles. The molecule has 1 aromatic rings. The zero-order valence-electron chi connectivity index (χ0n) is 10.2. The van der Waals surface area contributed by atoms with Gasteiger partial charge in [-0.2, -0.15) is 11.8 Å². The van der Waals surface area contributed by atoms with Crippen LogP contribution in [-0.4, -0.2) is 24.2 Å². The van der Waals surface area contributed by atoms with Crippen molar-refractivity contribution in [3.8, 4) is 5.75 Å². The lowest BCUT2D eigenvalue weighted by molar-refractivity contribution is 0.342. The summed E-state index contributed by atoms with van der Waals surface area (Å²) in [4.78, 5) is 0. The van der Waals surface area contributed by atoms with Crippen LogP contribution in [0.3, 0.4) is 0 Å². The van der Waals surface area contributed by atoms with Gasteiger partial charge in [-0.3, -0.25) is 0 Å². The van der Waals surface area contributed by atoms with Crippen LogP contribution in [0.15, 0.2) is 18.2 Å². The summed E-state index contributed by atoms with van der Waals surface area (Å²) in [5.41, 5.74) is 7.67. The summed E-state index contributed by atoms with van der Waals surface area (Å²) in [6.45, 7) is 2.62. The largest absolute Gasteiger partial charge is 0.492 e. The number of hydrogen-bond acceptors (Lipinski definition) is 4. The van der Waals surface area contributed by atoms with Crippen LogP contribution in [0.2, 0.25) is 0 Å². The van der Waals surface area contributed by atoms with Crippen molar-refractivity contribution in [2.45, 2.75) is 25.8 Å². The molecule has 0 aliphatic carbocycles. The van der Waals surface area contributed by atoms with Crippen molar-refractivity contribution in [2.75, 3.05) is 29.2 Å².